The SMILES string of the molecule is Cc1ccc(OC2CCN(C(=O)c3cc(C)on3)C2)nn1. The fraction of sp³-hybridized carbons (Fsp3) is 0.429. The maximum absolute atomic E-state index is 12.2. The molecule has 7 heteroatoms. The van der Waals surface area contributed by atoms with Gasteiger partial charge in [-0.2, -0.15) is 5.10 Å². The van der Waals surface area contributed by atoms with Gasteiger partial charge in [0.25, 0.3) is 5.91 Å². The van der Waals surface area contributed by atoms with E-state index in [1.165, 1.54) is 0 Å². The summed E-state index contributed by atoms with van der Waals surface area (Å²) in [5, 5.41) is 11.7. The number of ether oxygens (including phenoxy) is 1. The van der Waals surface area contributed by atoms with Crippen LogP contribution in [-0.4, -0.2) is 45.4 Å². The second-order valence-corrected chi connectivity index (χ2v) is 5.12. The van der Waals surface area contributed by atoms with Crippen LogP contribution in [0, 0.1) is 13.8 Å². The molecule has 2 aromatic heterocycles. The van der Waals surface area contributed by atoms with E-state index < -0.39 is 0 Å². The van der Waals surface area contributed by atoms with Crippen molar-refractivity contribution in [3.8, 4) is 5.88 Å². The molecule has 2 aromatic rings. The number of amides is 1. The van der Waals surface area contributed by atoms with Gasteiger partial charge in [0.1, 0.15) is 11.9 Å². The summed E-state index contributed by atoms with van der Waals surface area (Å²) >= 11 is 0. The highest BCUT2D eigenvalue weighted by Gasteiger charge is 2.30. The van der Waals surface area contributed by atoms with Gasteiger partial charge >= 0.3 is 0 Å². The molecular formula is C14H16N4O3. The molecule has 0 saturated carbocycles. The largest absolute Gasteiger partial charge is 0.471 e. The van der Waals surface area contributed by atoms with E-state index in [4.69, 9.17) is 9.26 Å². The van der Waals surface area contributed by atoms with Gasteiger partial charge in [0.15, 0.2) is 5.69 Å². The predicted molar refractivity (Wildman–Crippen MR) is 72.9 cm³/mol. The summed E-state index contributed by atoms with van der Waals surface area (Å²) in [6.07, 6.45) is 0.692. The van der Waals surface area contributed by atoms with Crippen LogP contribution in [0.1, 0.15) is 28.4 Å². The van der Waals surface area contributed by atoms with E-state index in [0.29, 0.717) is 30.4 Å². The number of aryl methyl sites for hydroxylation is 2. The van der Waals surface area contributed by atoms with Crippen molar-refractivity contribution in [3.05, 3.63) is 35.3 Å². The maximum atomic E-state index is 12.2. The Bertz CT molecular complexity index is 638. The minimum absolute atomic E-state index is 0.0704. The van der Waals surface area contributed by atoms with Gasteiger partial charge in [-0.15, -0.1) is 5.10 Å². The van der Waals surface area contributed by atoms with Crippen molar-refractivity contribution < 1.29 is 14.1 Å². The molecule has 1 amide bonds. The molecule has 0 spiro atoms. The molecule has 1 atom stereocenters. The summed E-state index contributed by atoms with van der Waals surface area (Å²) in [5.41, 5.74) is 1.18. The van der Waals surface area contributed by atoms with Crippen molar-refractivity contribution in [1.82, 2.24) is 20.3 Å². The van der Waals surface area contributed by atoms with Crippen molar-refractivity contribution in [2.75, 3.05) is 13.1 Å². The minimum atomic E-state index is -0.132. The number of hydrogen-bond donors (Lipinski definition) is 0. The van der Waals surface area contributed by atoms with Gasteiger partial charge in [0, 0.05) is 25.1 Å². The Kier molecular flexibility index (Phi) is 3.55. The first kappa shape index (κ1) is 13.5. The molecule has 0 bridgehead atoms. The van der Waals surface area contributed by atoms with Crippen molar-refractivity contribution in [2.45, 2.75) is 26.4 Å². The Morgan fingerprint density at radius 1 is 1.38 bits per heavy atom. The Hall–Kier alpha value is -2.44. The van der Waals surface area contributed by atoms with Crippen molar-refractivity contribution in [3.63, 3.8) is 0 Å². The third-order valence-electron chi connectivity index (χ3n) is 3.34. The molecule has 1 aliphatic heterocycles. The van der Waals surface area contributed by atoms with E-state index in [1.807, 2.05) is 13.0 Å². The van der Waals surface area contributed by atoms with Crippen molar-refractivity contribution in [1.29, 1.82) is 0 Å². The Balaban J connectivity index is 1.60. The summed E-state index contributed by atoms with van der Waals surface area (Å²) in [4.78, 5) is 13.9. The minimum Gasteiger partial charge on any atom is -0.471 e. The quantitative estimate of drug-likeness (QED) is 0.848. The molecule has 7 nitrogen and oxygen atoms in total. The zero-order chi connectivity index (χ0) is 14.8. The van der Waals surface area contributed by atoms with Gasteiger partial charge in [0.2, 0.25) is 5.88 Å². The first-order chi connectivity index (χ1) is 10.1. The standard InChI is InChI=1S/C14H16N4O3/c1-9-3-4-13(16-15-9)20-11-5-6-18(8-11)14(19)12-7-10(2)21-17-12/h3-4,7,11H,5-6,8H2,1-2H3. The molecular weight excluding hydrogens is 272 g/mol. The smallest absolute Gasteiger partial charge is 0.276 e. The molecule has 1 unspecified atom stereocenters. The van der Waals surface area contributed by atoms with Gasteiger partial charge < -0.3 is 14.2 Å². The summed E-state index contributed by atoms with van der Waals surface area (Å²) in [6.45, 7) is 4.78. The van der Waals surface area contributed by atoms with Crippen LogP contribution >= 0.6 is 0 Å². The van der Waals surface area contributed by atoms with E-state index in [1.54, 1.807) is 24.0 Å². The lowest BCUT2D eigenvalue weighted by atomic mass is 10.3. The van der Waals surface area contributed by atoms with Crippen LogP contribution in [0.5, 0.6) is 5.88 Å². The van der Waals surface area contributed by atoms with Gasteiger partial charge in [-0.3, -0.25) is 4.79 Å². The number of likely N-dealkylation sites (tertiary alicyclic amines) is 1. The zero-order valence-corrected chi connectivity index (χ0v) is 11.9. The highest BCUT2D eigenvalue weighted by molar-refractivity contribution is 5.92. The molecule has 0 radical (unpaired) electrons. The second kappa shape index (κ2) is 5.51. The molecule has 3 heterocycles. The molecule has 110 valence electrons. The monoisotopic (exact) mass is 288 g/mol. The Labute approximate surface area is 121 Å². The summed E-state index contributed by atoms with van der Waals surface area (Å²) in [5.74, 6) is 0.977. The number of hydrogen-bond acceptors (Lipinski definition) is 6. The molecule has 1 aliphatic rings. The lowest BCUT2D eigenvalue weighted by Crippen LogP contribution is -2.31. The molecule has 3 rings (SSSR count). The molecule has 21 heavy (non-hydrogen) atoms. The van der Waals surface area contributed by atoms with E-state index in [0.717, 1.165) is 12.1 Å². The number of carbonyl (C=O) groups excluding carboxylic acids is 1. The zero-order valence-electron chi connectivity index (χ0n) is 11.9. The highest BCUT2D eigenvalue weighted by Crippen LogP contribution is 2.18. The van der Waals surface area contributed by atoms with Crippen LogP contribution in [0.15, 0.2) is 22.7 Å². The first-order valence-electron chi connectivity index (χ1n) is 6.81. The van der Waals surface area contributed by atoms with Gasteiger partial charge in [-0.05, 0) is 19.9 Å². The van der Waals surface area contributed by atoms with E-state index in [-0.39, 0.29) is 12.0 Å². The fourth-order valence-corrected chi connectivity index (χ4v) is 2.26. The molecule has 1 saturated heterocycles. The fourth-order valence-electron chi connectivity index (χ4n) is 2.26. The average molecular weight is 288 g/mol. The van der Waals surface area contributed by atoms with Crippen LogP contribution in [0.4, 0.5) is 0 Å². The lowest BCUT2D eigenvalue weighted by molar-refractivity contribution is 0.0760. The van der Waals surface area contributed by atoms with Crippen LogP contribution < -0.4 is 4.74 Å². The normalized spacial score (nSPS) is 18.0. The molecule has 0 aliphatic carbocycles. The van der Waals surface area contributed by atoms with Crippen LogP contribution in [0.25, 0.3) is 0 Å². The number of aromatic nitrogens is 3. The van der Waals surface area contributed by atoms with Gasteiger partial charge in [-0.1, -0.05) is 5.16 Å². The predicted octanol–water partition coefficient (Wildman–Crippen LogP) is 1.37. The van der Waals surface area contributed by atoms with Crippen LogP contribution in [0.2, 0.25) is 0 Å². The van der Waals surface area contributed by atoms with Crippen molar-refractivity contribution >= 4 is 5.91 Å². The van der Waals surface area contributed by atoms with E-state index >= 15 is 0 Å². The van der Waals surface area contributed by atoms with Crippen LogP contribution in [-0.2, 0) is 0 Å². The van der Waals surface area contributed by atoms with Crippen LogP contribution in [0.3, 0.4) is 0 Å². The Morgan fingerprint density at radius 2 is 2.24 bits per heavy atom. The molecule has 1 fully saturated rings. The average Bonchev–Trinajstić information content (AvgIpc) is 3.10. The maximum Gasteiger partial charge on any atom is 0.276 e. The second-order valence-electron chi connectivity index (χ2n) is 5.12. The van der Waals surface area contributed by atoms with E-state index in [9.17, 15) is 4.79 Å². The van der Waals surface area contributed by atoms with Gasteiger partial charge in [0.05, 0.1) is 12.2 Å². The third-order valence-corrected chi connectivity index (χ3v) is 3.34. The first-order valence-corrected chi connectivity index (χ1v) is 6.81. The lowest BCUT2D eigenvalue weighted by Gasteiger charge is -2.15. The van der Waals surface area contributed by atoms with Crippen molar-refractivity contribution in [2.24, 2.45) is 0 Å². The highest BCUT2D eigenvalue weighted by atomic mass is 16.5. The molecule has 0 aromatic carbocycles. The molecule has 0 N–H and O–H groups in total. The number of nitrogens with zero attached hydrogens (tertiary/aromatic N) is 4. The Morgan fingerprint density at radius 3 is 2.90 bits per heavy atom. The third kappa shape index (κ3) is 3.01. The van der Waals surface area contributed by atoms with E-state index in [2.05, 4.69) is 15.4 Å². The van der Waals surface area contributed by atoms with Gasteiger partial charge in [-0.25, -0.2) is 0 Å². The topological polar surface area (TPSA) is 81.4 Å². The summed E-state index contributed by atoms with van der Waals surface area (Å²) < 4.78 is 10.7. The number of carbonyl (C=O) groups is 1. The summed E-state index contributed by atoms with van der Waals surface area (Å²) in [6, 6.07) is 5.27. The number of rotatable bonds is 3. The summed E-state index contributed by atoms with van der Waals surface area (Å²) in [7, 11) is 0.